The maximum atomic E-state index is 12.3. The summed E-state index contributed by atoms with van der Waals surface area (Å²) >= 11 is 3.14. The third-order valence-corrected chi connectivity index (χ3v) is 5.97. The summed E-state index contributed by atoms with van der Waals surface area (Å²) in [6, 6.07) is 11.0. The molecule has 0 heterocycles. The summed E-state index contributed by atoms with van der Waals surface area (Å²) in [5.74, 6) is -0.901. The maximum absolute atomic E-state index is 12.3. The Balaban J connectivity index is 2.46. The van der Waals surface area contributed by atoms with Crippen molar-refractivity contribution in [1.29, 1.82) is 0 Å². The molecule has 0 fully saturated rings. The number of carbonyl (C=O) groups is 1. The second-order valence-electron chi connectivity index (χ2n) is 4.41. The highest BCUT2D eigenvalue weighted by atomic mass is 79.9. The lowest BCUT2D eigenvalue weighted by Gasteiger charge is -2.10. The standard InChI is InChI=1S/C13H11BrN2O5S2/c14-10-6-2-1-5-9(10)13(17)16-23(20,21)12-8-4-3-7-11(12)22(15,18)19/h1-8H,(H,16,17)(H2,15,18,19). The van der Waals surface area contributed by atoms with E-state index < -0.39 is 35.7 Å². The largest absolute Gasteiger partial charge is 0.268 e. The van der Waals surface area contributed by atoms with E-state index >= 15 is 0 Å². The summed E-state index contributed by atoms with van der Waals surface area (Å²) in [6.45, 7) is 0. The van der Waals surface area contributed by atoms with Crippen LogP contribution in [0.2, 0.25) is 0 Å². The smallest absolute Gasteiger partial charge is 0.266 e. The molecule has 0 spiro atoms. The van der Waals surface area contributed by atoms with Gasteiger partial charge in [-0.2, -0.15) is 0 Å². The van der Waals surface area contributed by atoms with Crippen LogP contribution in [0.3, 0.4) is 0 Å². The summed E-state index contributed by atoms with van der Waals surface area (Å²) < 4.78 is 49.9. The van der Waals surface area contributed by atoms with E-state index in [2.05, 4.69) is 15.9 Å². The van der Waals surface area contributed by atoms with Gasteiger partial charge in [-0.25, -0.2) is 26.7 Å². The molecule has 1 amide bonds. The third kappa shape index (κ3) is 3.96. The van der Waals surface area contributed by atoms with Gasteiger partial charge in [-0.1, -0.05) is 24.3 Å². The Morgan fingerprint density at radius 1 is 0.913 bits per heavy atom. The number of carbonyl (C=O) groups excluding carboxylic acids is 1. The van der Waals surface area contributed by atoms with Crippen molar-refractivity contribution >= 4 is 41.9 Å². The van der Waals surface area contributed by atoms with Crippen LogP contribution in [-0.4, -0.2) is 22.7 Å². The average Bonchev–Trinajstić information content (AvgIpc) is 2.46. The lowest BCUT2D eigenvalue weighted by molar-refractivity contribution is 0.0980. The first-order chi connectivity index (χ1) is 10.6. The molecule has 0 aliphatic carbocycles. The van der Waals surface area contributed by atoms with Crippen molar-refractivity contribution in [1.82, 2.24) is 4.72 Å². The molecule has 2 aromatic carbocycles. The Labute approximate surface area is 141 Å². The van der Waals surface area contributed by atoms with Crippen molar-refractivity contribution in [2.45, 2.75) is 9.79 Å². The monoisotopic (exact) mass is 418 g/mol. The molecule has 122 valence electrons. The molecule has 0 atom stereocenters. The quantitative estimate of drug-likeness (QED) is 0.771. The summed E-state index contributed by atoms with van der Waals surface area (Å²) in [5, 5.41) is 5.01. The van der Waals surface area contributed by atoms with Crippen LogP contribution in [0.15, 0.2) is 62.8 Å². The first-order valence-corrected chi connectivity index (χ1v) is 9.89. The van der Waals surface area contributed by atoms with E-state index in [4.69, 9.17) is 5.14 Å². The fraction of sp³-hybridized carbons (Fsp3) is 0. The number of benzene rings is 2. The average molecular weight is 419 g/mol. The Kier molecular flexibility index (Phi) is 4.90. The van der Waals surface area contributed by atoms with Crippen LogP contribution < -0.4 is 9.86 Å². The van der Waals surface area contributed by atoms with E-state index in [0.29, 0.717) is 4.47 Å². The van der Waals surface area contributed by atoms with Crippen molar-refractivity contribution in [2.75, 3.05) is 0 Å². The van der Waals surface area contributed by atoms with Crippen molar-refractivity contribution in [2.24, 2.45) is 5.14 Å². The topological polar surface area (TPSA) is 123 Å². The summed E-state index contributed by atoms with van der Waals surface area (Å²) in [7, 11) is -8.68. The fourth-order valence-corrected chi connectivity index (χ4v) is 4.60. The number of rotatable bonds is 4. The van der Waals surface area contributed by atoms with Crippen molar-refractivity contribution in [3.8, 4) is 0 Å². The number of halogens is 1. The van der Waals surface area contributed by atoms with Crippen LogP contribution in [0.4, 0.5) is 0 Å². The Morgan fingerprint density at radius 2 is 1.43 bits per heavy atom. The minimum Gasteiger partial charge on any atom is -0.268 e. The molecule has 0 aliphatic rings. The Bertz CT molecular complexity index is 971. The van der Waals surface area contributed by atoms with Gasteiger partial charge in [-0.15, -0.1) is 0 Å². The molecule has 0 unspecified atom stereocenters. The molecule has 0 saturated carbocycles. The molecular weight excluding hydrogens is 408 g/mol. The normalized spacial score (nSPS) is 11.9. The molecule has 23 heavy (non-hydrogen) atoms. The summed E-state index contributed by atoms with van der Waals surface area (Å²) in [4.78, 5) is 10.9. The minimum atomic E-state index is -4.42. The fourth-order valence-electron chi connectivity index (χ4n) is 1.78. The second kappa shape index (κ2) is 6.40. The van der Waals surface area contributed by atoms with Gasteiger partial charge in [-0.3, -0.25) is 4.79 Å². The van der Waals surface area contributed by atoms with E-state index in [1.807, 2.05) is 4.72 Å². The van der Waals surface area contributed by atoms with Gasteiger partial charge in [0, 0.05) is 4.47 Å². The van der Waals surface area contributed by atoms with Crippen molar-refractivity contribution in [3.63, 3.8) is 0 Å². The van der Waals surface area contributed by atoms with Gasteiger partial charge >= 0.3 is 0 Å². The van der Waals surface area contributed by atoms with E-state index in [9.17, 15) is 21.6 Å². The zero-order chi connectivity index (χ0) is 17.3. The molecule has 2 aromatic rings. The third-order valence-electron chi connectivity index (χ3n) is 2.79. The molecule has 0 aliphatic heterocycles. The minimum absolute atomic E-state index is 0.0872. The molecule has 0 aromatic heterocycles. The number of amides is 1. The SMILES string of the molecule is NS(=O)(=O)c1ccccc1S(=O)(=O)NC(=O)c1ccccc1Br. The van der Waals surface area contributed by atoms with E-state index in [0.717, 1.165) is 12.1 Å². The number of hydrogen-bond donors (Lipinski definition) is 2. The molecular formula is C13H11BrN2O5S2. The van der Waals surface area contributed by atoms with Gasteiger partial charge in [0.05, 0.1) is 5.56 Å². The highest BCUT2D eigenvalue weighted by Gasteiger charge is 2.26. The number of primary sulfonamides is 1. The number of nitrogens with one attached hydrogen (secondary N) is 1. The van der Waals surface area contributed by atoms with Gasteiger partial charge < -0.3 is 0 Å². The molecule has 0 radical (unpaired) electrons. The highest BCUT2D eigenvalue weighted by Crippen LogP contribution is 2.21. The van der Waals surface area contributed by atoms with Crippen LogP contribution in [0.5, 0.6) is 0 Å². The highest BCUT2D eigenvalue weighted by molar-refractivity contribution is 9.10. The molecule has 2 rings (SSSR count). The van der Waals surface area contributed by atoms with Crippen LogP contribution in [0, 0.1) is 0 Å². The number of hydrogen-bond acceptors (Lipinski definition) is 5. The van der Waals surface area contributed by atoms with Crippen molar-refractivity contribution < 1.29 is 21.6 Å². The Morgan fingerprint density at radius 3 is 2.00 bits per heavy atom. The number of sulfonamides is 2. The van der Waals surface area contributed by atoms with Gasteiger partial charge in [-0.05, 0) is 40.2 Å². The van der Waals surface area contributed by atoms with E-state index in [-0.39, 0.29) is 5.56 Å². The zero-order valence-corrected chi connectivity index (χ0v) is 14.7. The van der Waals surface area contributed by atoms with Gasteiger partial charge in [0.15, 0.2) is 0 Å². The lowest BCUT2D eigenvalue weighted by Crippen LogP contribution is -2.32. The van der Waals surface area contributed by atoms with E-state index in [1.54, 1.807) is 18.2 Å². The molecule has 0 bridgehead atoms. The van der Waals surface area contributed by atoms with Gasteiger partial charge in [0.25, 0.3) is 15.9 Å². The first-order valence-electron chi connectivity index (χ1n) is 6.06. The zero-order valence-electron chi connectivity index (χ0n) is 11.4. The molecule has 7 nitrogen and oxygen atoms in total. The molecule has 0 saturated heterocycles. The molecule has 3 N–H and O–H groups in total. The van der Waals surface area contributed by atoms with Gasteiger partial charge in [0.2, 0.25) is 10.0 Å². The van der Waals surface area contributed by atoms with Crippen molar-refractivity contribution in [3.05, 3.63) is 58.6 Å². The van der Waals surface area contributed by atoms with Crippen LogP contribution >= 0.6 is 15.9 Å². The van der Waals surface area contributed by atoms with Crippen LogP contribution in [0.25, 0.3) is 0 Å². The van der Waals surface area contributed by atoms with Gasteiger partial charge in [0.1, 0.15) is 9.79 Å². The molecule has 10 heteroatoms. The number of nitrogens with two attached hydrogens (primary N) is 1. The second-order valence-corrected chi connectivity index (χ2v) is 8.44. The lowest BCUT2D eigenvalue weighted by atomic mass is 10.2. The maximum Gasteiger partial charge on any atom is 0.266 e. The summed E-state index contributed by atoms with van der Waals surface area (Å²) in [5.41, 5.74) is 0.0872. The first kappa shape index (κ1) is 17.6. The van der Waals surface area contributed by atoms with Crippen LogP contribution in [0.1, 0.15) is 10.4 Å². The van der Waals surface area contributed by atoms with E-state index in [1.165, 1.54) is 18.2 Å². The summed E-state index contributed by atoms with van der Waals surface area (Å²) in [6.07, 6.45) is 0. The van der Waals surface area contributed by atoms with Crippen LogP contribution in [-0.2, 0) is 20.0 Å². The predicted octanol–water partition coefficient (Wildman–Crippen LogP) is 1.22. The predicted molar refractivity (Wildman–Crippen MR) is 86.6 cm³/mol. The Hall–Kier alpha value is -1.75.